The van der Waals surface area contributed by atoms with Crippen LogP contribution in [0.3, 0.4) is 0 Å². The van der Waals surface area contributed by atoms with Gasteiger partial charge in [-0.25, -0.2) is 9.97 Å². The van der Waals surface area contributed by atoms with Crippen molar-refractivity contribution in [2.75, 3.05) is 18.8 Å². The molecule has 8 heteroatoms. The maximum Gasteiger partial charge on any atom is 0.451 e. The molecule has 1 aromatic carbocycles. The molecule has 0 N–H and O–H groups in total. The molecule has 3 rings (SSSR count). The average Bonchev–Trinajstić information content (AvgIpc) is 2.59. The molecular formula is C16H16F3N3OS. The van der Waals surface area contributed by atoms with Gasteiger partial charge in [-0.05, 0) is 25.3 Å². The molecule has 0 atom stereocenters. The quantitative estimate of drug-likeness (QED) is 0.621. The maximum absolute atomic E-state index is 13.0. The second-order valence-electron chi connectivity index (χ2n) is 5.60. The highest BCUT2D eigenvalue weighted by molar-refractivity contribution is 8.00. The minimum Gasteiger partial charge on any atom is -0.342 e. The molecule has 24 heavy (non-hydrogen) atoms. The summed E-state index contributed by atoms with van der Waals surface area (Å²) in [5.41, 5.74) is 0.229. The molecule has 1 fully saturated rings. The van der Waals surface area contributed by atoms with E-state index in [9.17, 15) is 18.0 Å². The van der Waals surface area contributed by atoms with Gasteiger partial charge in [-0.15, -0.1) is 0 Å². The van der Waals surface area contributed by atoms with E-state index in [1.807, 2.05) is 0 Å². The minimum atomic E-state index is -4.61. The summed E-state index contributed by atoms with van der Waals surface area (Å²) in [5, 5.41) is 0.722. The van der Waals surface area contributed by atoms with E-state index in [4.69, 9.17) is 0 Å². The molecule has 0 bridgehead atoms. The molecule has 0 saturated carbocycles. The Morgan fingerprint density at radius 1 is 1.12 bits per heavy atom. The number of hydrogen-bond donors (Lipinski definition) is 0. The van der Waals surface area contributed by atoms with Crippen molar-refractivity contribution in [3.8, 4) is 0 Å². The van der Waals surface area contributed by atoms with E-state index in [0.29, 0.717) is 5.39 Å². The van der Waals surface area contributed by atoms with Crippen LogP contribution >= 0.6 is 11.8 Å². The molecule has 1 amide bonds. The number of benzene rings is 1. The van der Waals surface area contributed by atoms with Crippen LogP contribution in [0.4, 0.5) is 13.2 Å². The monoisotopic (exact) mass is 355 g/mol. The Labute approximate surface area is 141 Å². The zero-order valence-corrected chi connectivity index (χ0v) is 13.7. The molecule has 0 unspecified atom stereocenters. The molecule has 2 heterocycles. The van der Waals surface area contributed by atoms with Crippen molar-refractivity contribution in [1.29, 1.82) is 0 Å². The number of hydrogen-bond acceptors (Lipinski definition) is 4. The van der Waals surface area contributed by atoms with Crippen LogP contribution in [0.1, 0.15) is 25.1 Å². The van der Waals surface area contributed by atoms with Gasteiger partial charge in [0.15, 0.2) is 0 Å². The molecule has 2 aromatic rings. The lowest BCUT2D eigenvalue weighted by Gasteiger charge is -2.26. The van der Waals surface area contributed by atoms with E-state index in [0.717, 1.165) is 44.1 Å². The molecular weight excluding hydrogens is 339 g/mol. The first-order valence-electron chi connectivity index (χ1n) is 7.70. The molecule has 0 aliphatic carbocycles. The number of carbonyl (C=O) groups excluding carboxylic acids is 1. The fourth-order valence-corrected chi connectivity index (χ4v) is 3.57. The van der Waals surface area contributed by atoms with Crippen molar-refractivity contribution in [2.24, 2.45) is 0 Å². The van der Waals surface area contributed by atoms with Gasteiger partial charge in [-0.1, -0.05) is 30.0 Å². The Bertz CT molecular complexity index is 745. The molecule has 0 spiro atoms. The number of halogens is 3. The highest BCUT2D eigenvalue weighted by Gasteiger charge is 2.35. The number of nitrogens with zero attached hydrogens (tertiary/aromatic N) is 3. The van der Waals surface area contributed by atoms with Crippen LogP contribution in [0, 0.1) is 0 Å². The Hall–Kier alpha value is -1.83. The van der Waals surface area contributed by atoms with Gasteiger partial charge in [-0.2, -0.15) is 13.2 Å². The summed E-state index contributed by atoms with van der Waals surface area (Å²) in [7, 11) is 0. The van der Waals surface area contributed by atoms with Crippen molar-refractivity contribution in [3.05, 3.63) is 30.1 Å². The number of piperidine rings is 1. The van der Waals surface area contributed by atoms with Gasteiger partial charge in [0.25, 0.3) is 0 Å². The first-order valence-corrected chi connectivity index (χ1v) is 8.68. The van der Waals surface area contributed by atoms with Crippen LogP contribution in [0.15, 0.2) is 29.3 Å². The number of likely N-dealkylation sites (tertiary alicyclic amines) is 1. The second-order valence-corrected chi connectivity index (χ2v) is 6.56. The van der Waals surface area contributed by atoms with Crippen LogP contribution in [-0.4, -0.2) is 39.6 Å². The molecule has 1 aromatic heterocycles. The van der Waals surface area contributed by atoms with Crippen molar-refractivity contribution in [3.63, 3.8) is 0 Å². The third-order valence-electron chi connectivity index (χ3n) is 3.86. The van der Waals surface area contributed by atoms with Crippen molar-refractivity contribution in [1.82, 2.24) is 14.9 Å². The largest absolute Gasteiger partial charge is 0.451 e. The second kappa shape index (κ2) is 6.96. The SMILES string of the molecule is O=C(CSc1nc(C(F)(F)F)nc2ccccc12)N1CCCCC1. The summed E-state index contributed by atoms with van der Waals surface area (Å²) in [5.74, 6) is -1.15. The fraction of sp³-hybridized carbons (Fsp3) is 0.438. The van der Waals surface area contributed by atoms with E-state index >= 15 is 0 Å². The average molecular weight is 355 g/mol. The molecule has 4 nitrogen and oxygen atoms in total. The highest BCUT2D eigenvalue weighted by Crippen LogP contribution is 2.32. The topological polar surface area (TPSA) is 46.1 Å². The number of fused-ring (bicyclic) bond motifs is 1. The van der Waals surface area contributed by atoms with E-state index in [1.165, 1.54) is 6.07 Å². The summed E-state index contributed by atoms with van der Waals surface area (Å²) in [4.78, 5) is 21.2. The van der Waals surface area contributed by atoms with E-state index in [1.54, 1.807) is 23.1 Å². The standard InChI is InChI=1S/C16H16F3N3OS/c17-16(18,19)15-20-12-7-3-2-6-11(12)14(21-15)24-10-13(23)22-8-4-1-5-9-22/h2-3,6-7H,1,4-5,8-10H2. The minimum absolute atomic E-state index is 0.0593. The van der Waals surface area contributed by atoms with Gasteiger partial charge in [0, 0.05) is 18.5 Å². The predicted molar refractivity (Wildman–Crippen MR) is 85.7 cm³/mol. The summed E-state index contributed by atoms with van der Waals surface area (Å²) in [6.45, 7) is 1.44. The van der Waals surface area contributed by atoms with Crippen molar-refractivity contribution in [2.45, 2.75) is 30.5 Å². The van der Waals surface area contributed by atoms with Crippen LogP contribution in [0.25, 0.3) is 10.9 Å². The zero-order valence-electron chi connectivity index (χ0n) is 12.8. The normalized spacial score (nSPS) is 15.7. The lowest BCUT2D eigenvalue weighted by atomic mass is 10.1. The van der Waals surface area contributed by atoms with Crippen LogP contribution < -0.4 is 0 Å². The Kier molecular flexibility index (Phi) is 4.93. The van der Waals surface area contributed by atoms with Gasteiger partial charge in [-0.3, -0.25) is 4.79 Å². The van der Waals surface area contributed by atoms with Gasteiger partial charge >= 0.3 is 6.18 Å². The van der Waals surface area contributed by atoms with Gasteiger partial charge in [0.05, 0.1) is 11.3 Å². The Morgan fingerprint density at radius 2 is 1.83 bits per heavy atom. The van der Waals surface area contributed by atoms with Crippen molar-refractivity contribution < 1.29 is 18.0 Å². The Balaban J connectivity index is 1.83. The molecule has 128 valence electrons. The van der Waals surface area contributed by atoms with Crippen LogP contribution in [0.5, 0.6) is 0 Å². The summed E-state index contributed by atoms with van der Waals surface area (Å²) >= 11 is 1.04. The number of aromatic nitrogens is 2. The summed E-state index contributed by atoms with van der Waals surface area (Å²) in [6.07, 6.45) is -1.55. The summed E-state index contributed by atoms with van der Waals surface area (Å²) in [6, 6.07) is 6.53. The number of carbonyl (C=O) groups is 1. The zero-order chi connectivity index (χ0) is 17.2. The van der Waals surface area contributed by atoms with E-state index in [2.05, 4.69) is 9.97 Å². The number of amides is 1. The highest BCUT2D eigenvalue weighted by atomic mass is 32.2. The lowest BCUT2D eigenvalue weighted by Crippen LogP contribution is -2.36. The van der Waals surface area contributed by atoms with Crippen LogP contribution in [-0.2, 0) is 11.0 Å². The molecule has 1 aliphatic heterocycles. The number of para-hydroxylation sites is 1. The molecule has 0 radical (unpaired) electrons. The van der Waals surface area contributed by atoms with Gasteiger partial charge in [0.2, 0.25) is 11.7 Å². The van der Waals surface area contributed by atoms with Crippen LogP contribution in [0.2, 0.25) is 0 Å². The lowest BCUT2D eigenvalue weighted by molar-refractivity contribution is -0.145. The fourth-order valence-electron chi connectivity index (χ4n) is 2.65. The van der Waals surface area contributed by atoms with E-state index in [-0.39, 0.29) is 22.2 Å². The Morgan fingerprint density at radius 3 is 2.54 bits per heavy atom. The van der Waals surface area contributed by atoms with Gasteiger partial charge in [0.1, 0.15) is 5.03 Å². The van der Waals surface area contributed by atoms with E-state index < -0.39 is 12.0 Å². The first kappa shape index (κ1) is 17.0. The summed E-state index contributed by atoms with van der Waals surface area (Å²) < 4.78 is 38.9. The predicted octanol–water partition coefficient (Wildman–Crippen LogP) is 3.75. The third-order valence-corrected chi connectivity index (χ3v) is 4.84. The maximum atomic E-state index is 13.0. The number of alkyl halides is 3. The smallest absolute Gasteiger partial charge is 0.342 e. The number of thioether (sulfide) groups is 1. The van der Waals surface area contributed by atoms with Gasteiger partial charge < -0.3 is 4.90 Å². The molecule has 1 aliphatic rings. The van der Waals surface area contributed by atoms with Crippen molar-refractivity contribution >= 4 is 28.6 Å². The molecule has 1 saturated heterocycles. The third kappa shape index (κ3) is 3.80. The first-order chi connectivity index (χ1) is 11.4. The number of rotatable bonds is 3.